The summed E-state index contributed by atoms with van der Waals surface area (Å²) in [5.74, 6) is -0.835. The largest absolute Gasteiger partial charge is 0.472 e. The fraction of sp³-hybridized carbons (Fsp3) is 0.667. The Morgan fingerprint density at radius 1 is 0.408 bits per heavy atom. The Hall–Kier alpha value is -3.59. The number of phosphoric ester groups is 1. The zero-order valence-electron chi connectivity index (χ0n) is 49.2. The van der Waals surface area contributed by atoms with Crippen LogP contribution in [0.25, 0.3) is 0 Å². The fourth-order valence-electron chi connectivity index (χ4n) is 7.89. The maximum atomic E-state index is 12.8. The van der Waals surface area contributed by atoms with Gasteiger partial charge in [0.15, 0.2) is 6.10 Å². The van der Waals surface area contributed by atoms with Crippen molar-refractivity contribution in [2.75, 3.05) is 47.5 Å². The Bertz CT molecular complexity index is 1700. The van der Waals surface area contributed by atoms with Crippen molar-refractivity contribution in [1.82, 2.24) is 0 Å². The van der Waals surface area contributed by atoms with Crippen LogP contribution >= 0.6 is 7.82 Å². The van der Waals surface area contributed by atoms with Gasteiger partial charge in [0.2, 0.25) is 0 Å². The molecule has 9 nitrogen and oxygen atoms in total. The van der Waals surface area contributed by atoms with E-state index in [0.717, 1.165) is 103 Å². The summed E-state index contributed by atoms with van der Waals surface area (Å²) >= 11 is 0. The number of phosphoric acid groups is 1. The lowest BCUT2D eigenvalue weighted by Gasteiger charge is -2.24. The summed E-state index contributed by atoms with van der Waals surface area (Å²) in [4.78, 5) is 35.6. The molecule has 2 unspecified atom stereocenters. The Kier molecular flexibility index (Phi) is 53.5. The average molecular weight is 1080 g/mol. The second-order valence-electron chi connectivity index (χ2n) is 21.0. The Balaban J connectivity index is 4.00. The van der Waals surface area contributed by atoms with Gasteiger partial charge >= 0.3 is 19.8 Å². The molecule has 434 valence electrons. The molecule has 0 fully saturated rings. The summed E-state index contributed by atoms with van der Waals surface area (Å²) in [6.07, 6.45) is 80.1. The van der Waals surface area contributed by atoms with Crippen LogP contribution < -0.4 is 0 Å². The van der Waals surface area contributed by atoms with Crippen LogP contribution in [-0.2, 0) is 32.7 Å². The van der Waals surface area contributed by atoms with E-state index in [1.807, 2.05) is 21.1 Å². The lowest BCUT2D eigenvalue weighted by molar-refractivity contribution is -0.870. The number of allylic oxidation sites excluding steroid dienone is 20. The van der Waals surface area contributed by atoms with Gasteiger partial charge < -0.3 is 18.9 Å². The molecule has 0 heterocycles. The molecular formula is C66H113NO8P+. The third kappa shape index (κ3) is 59.7. The number of carbonyl (C=O) groups is 2. The first kappa shape index (κ1) is 72.4. The molecule has 0 aromatic carbocycles. The van der Waals surface area contributed by atoms with E-state index in [9.17, 15) is 19.0 Å². The van der Waals surface area contributed by atoms with Crippen LogP contribution in [0.3, 0.4) is 0 Å². The standard InChI is InChI=1S/C66H112NO8P/c1-6-8-10-12-14-16-18-20-21-22-23-24-25-26-27-28-29-30-31-32-33-34-35-36-37-38-39-40-41-42-43-44-45-47-49-51-53-55-57-59-66(69)75-64(63-74-76(70,71)73-61-60-67(3,4)5)62-72-65(68)58-56-54-52-50-48-46-19-17-15-13-11-9-7-2/h8-11,14-17,20-21,23-24,26-27,29-30,32-33,46,48,64H,6-7,12-13,18-19,22,25,28,31,34-45,47,49-63H2,1-5H3/p+1/b10-8-,11-9-,16-14-,17-15-,21-20-,24-23-,27-26-,30-29-,33-32-,48-46-. The van der Waals surface area contributed by atoms with Gasteiger partial charge in [-0.1, -0.05) is 238 Å². The molecule has 10 heteroatoms. The molecule has 0 rings (SSSR count). The predicted molar refractivity (Wildman–Crippen MR) is 325 cm³/mol. The van der Waals surface area contributed by atoms with E-state index >= 15 is 0 Å². The highest BCUT2D eigenvalue weighted by Gasteiger charge is 2.27. The number of nitrogens with zero attached hydrogens (tertiary/aromatic N) is 1. The molecule has 0 saturated heterocycles. The van der Waals surface area contributed by atoms with Crippen LogP contribution in [-0.4, -0.2) is 74.9 Å². The van der Waals surface area contributed by atoms with Crippen molar-refractivity contribution in [1.29, 1.82) is 0 Å². The predicted octanol–water partition coefficient (Wildman–Crippen LogP) is 19.1. The van der Waals surface area contributed by atoms with Crippen LogP contribution in [0.1, 0.15) is 232 Å². The SMILES string of the molecule is CC/C=C\C/C=C\C/C=C\C/C=C\C/C=C\C/C=C\C/C=C\CCCCCCCCCCCCCCCCCCCC(=O)OC(COC(=O)CCCCC/C=C\C/C=C\C/C=C\CC)COP(=O)(O)OCC[N+](C)(C)C. The van der Waals surface area contributed by atoms with E-state index in [1.165, 1.54) is 89.9 Å². The molecule has 0 aliphatic rings. The normalized spacial score (nSPS) is 14.1. The number of esters is 2. The molecule has 0 amide bonds. The first-order valence-electron chi connectivity index (χ1n) is 30.3. The minimum atomic E-state index is -4.39. The van der Waals surface area contributed by atoms with Crippen LogP contribution in [0, 0.1) is 0 Å². The third-order valence-corrected chi connectivity index (χ3v) is 13.5. The quantitative estimate of drug-likeness (QED) is 0.0211. The Labute approximate surface area is 467 Å². The van der Waals surface area contributed by atoms with Crippen molar-refractivity contribution >= 4 is 19.8 Å². The topological polar surface area (TPSA) is 108 Å². The van der Waals surface area contributed by atoms with Gasteiger partial charge in [-0.3, -0.25) is 18.6 Å². The molecule has 0 aliphatic heterocycles. The highest BCUT2D eigenvalue weighted by molar-refractivity contribution is 7.47. The van der Waals surface area contributed by atoms with E-state index in [-0.39, 0.29) is 26.1 Å². The monoisotopic (exact) mass is 1080 g/mol. The van der Waals surface area contributed by atoms with Crippen LogP contribution in [0.4, 0.5) is 0 Å². The van der Waals surface area contributed by atoms with Gasteiger partial charge in [-0.05, 0) is 103 Å². The number of hydrogen-bond acceptors (Lipinski definition) is 7. The number of likely N-dealkylation sites (N-methyl/N-ethyl adjacent to an activating group) is 1. The van der Waals surface area contributed by atoms with Gasteiger partial charge in [-0.15, -0.1) is 0 Å². The number of quaternary nitrogens is 1. The third-order valence-electron chi connectivity index (χ3n) is 12.5. The van der Waals surface area contributed by atoms with Gasteiger partial charge in [0.1, 0.15) is 19.8 Å². The van der Waals surface area contributed by atoms with Gasteiger partial charge in [0.05, 0.1) is 27.7 Å². The average Bonchev–Trinajstić information content (AvgIpc) is 3.38. The Morgan fingerprint density at radius 2 is 0.711 bits per heavy atom. The summed E-state index contributed by atoms with van der Waals surface area (Å²) < 4.78 is 34.5. The van der Waals surface area contributed by atoms with Crippen molar-refractivity contribution in [3.63, 3.8) is 0 Å². The van der Waals surface area contributed by atoms with Gasteiger partial charge in [0.25, 0.3) is 0 Å². The highest BCUT2D eigenvalue weighted by atomic mass is 31.2. The molecule has 0 aromatic rings. The molecule has 0 bridgehead atoms. The first-order valence-corrected chi connectivity index (χ1v) is 31.8. The van der Waals surface area contributed by atoms with E-state index in [2.05, 4.69) is 135 Å². The van der Waals surface area contributed by atoms with E-state index in [1.54, 1.807) is 0 Å². The smallest absolute Gasteiger partial charge is 0.462 e. The number of unbranched alkanes of at least 4 members (excludes halogenated alkanes) is 20. The van der Waals surface area contributed by atoms with Crippen LogP contribution in [0.5, 0.6) is 0 Å². The zero-order chi connectivity index (χ0) is 55.6. The maximum Gasteiger partial charge on any atom is 0.472 e. The van der Waals surface area contributed by atoms with Gasteiger partial charge in [-0.2, -0.15) is 0 Å². The molecule has 0 saturated carbocycles. The van der Waals surface area contributed by atoms with Gasteiger partial charge in [0, 0.05) is 12.8 Å². The lowest BCUT2D eigenvalue weighted by atomic mass is 10.0. The molecular weight excluding hydrogens is 966 g/mol. The first-order chi connectivity index (χ1) is 37.0. The summed E-state index contributed by atoms with van der Waals surface area (Å²) in [7, 11) is 1.45. The van der Waals surface area contributed by atoms with E-state index in [4.69, 9.17) is 18.5 Å². The molecule has 1 N–H and O–H groups in total. The summed E-state index contributed by atoms with van der Waals surface area (Å²) in [5.41, 5.74) is 0. The molecule has 0 radical (unpaired) electrons. The fourth-order valence-corrected chi connectivity index (χ4v) is 8.63. The van der Waals surface area contributed by atoms with Gasteiger partial charge in [-0.25, -0.2) is 4.57 Å². The van der Waals surface area contributed by atoms with Crippen molar-refractivity contribution in [2.45, 2.75) is 238 Å². The van der Waals surface area contributed by atoms with E-state index in [0.29, 0.717) is 23.9 Å². The summed E-state index contributed by atoms with van der Waals surface area (Å²) in [6.45, 7) is 4.16. The lowest BCUT2D eigenvalue weighted by Crippen LogP contribution is -2.37. The van der Waals surface area contributed by atoms with Crippen molar-refractivity contribution < 1.29 is 42.1 Å². The van der Waals surface area contributed by atoms with Crippen LogP contribution in [0.15, 0.2) is 122 Å². The Morgan fingerprint density at radius 3 is 1.07 bits per heavy atom. The van der Waals surface area contributed by atoms with E-state index < -0.39 is 32.5 Å². The maximum absolute atomic E-state index is 12.8. The van der Waals surface area contributed by atoms with Crippen molar-refractivity contribution in [2.24, 2.45) is 0 Å². The second-order valence-corrected chi connectivity index (χ2v) is 22.4. The van der Waals surface area contributed by atoms with Crippen LogP contribution in [0.2, 0.25) is 0 Å². The zero-order valence-corrected chi connectivity index (χ0v) is 50.1. The minimum absolute atomic E-state index is 0.0227. The molecule has 0 aliphatic carbocycles. The summed E-state index contributed by atoms with van der Waals surface area (Å²) in [5, 5.41) is 0. The molecule has 0 spiro atoms. The molecule has 0 aromatic heterocycles. The number of hydrogen-bond donors (Lipinski definition) is 1. The number of carbonyl (C=O) groups excluding carboxylic acids is 2. The highest BCUT2D eigenvalue weighted by Crippen LogP contribution is 2.43. The second kappa shape index (κ2) is 56.1. The van der Waals surface area contributed by atoms with Crippen molar-refractivity contribution in [3.8, 4) is 0 Å². The van der Waals surface area contributed by atoms with Crippen molar-refractivity contribution in [3.05, 3.63) is 122 Å². The summed E-state index contributed by atoms with van der Waals surface area (Å²) in [6, 6.07) is 0. The number of ether oxygens (including phenoxy) is 2. The number of rotatable bonds is 54. The molecule has 2 atom stereocenters. The molecule has 76 heavy (non-hydrogen) atoms. The minimum Gasteiger partial charge on any atom is -0.462 e.